The van der Waals surface area contributed by atoms with Crippen LogP contribution in [-0.2, 0) is 0 Å². The first-order valence-corrected chi connectivity index (χ1v) is 7.89. The monoisotopic (exact) mass is 326 g/mol. The summed E-state index contributed by atoms with van der Waals surface area (Å²) in [5.74, 6) is -0.480. The van der Waals surface area contributed by atoms with E-state index < -0.39 is 0 Å². The second-order valence-corrected chi connectivity index (χ2v) is 6.02. The fraction of sp³-hybridized carbons (Fsp3) is 0.250. The number of benzene rings is 2. The van der Waals surface area contributed by atoms with E-state index in [1.54, 1.807) is 6.08 Å². The van der Waals surface area contributed by atoms with E-state index in [4.69, 9.17) is 0 Å². The van der Waals surface area contributed by atoms with Crippen LogP contribution in [0, 0.1) is 5.82 Å². The number of hydrogen-bond donors (Lipinski definition) is 0. The molecule has 0 aliphatic carbocycles. The van der Waals surface area contributed by atoms with Crippen LogP contribution in [0.4, 0.5) is 10.1 Å². The predicted octanol–water partition coefficient (Wildman–Crippen LogP) is 3.72. The number of anilines is 1. The summed E-state index contributed by atoms with van der Waals surface area (Å²) in [6.07, 6.45) is 3.29. The zero-order valence-electron chi connectivity index (χ0n) is 14.4. The van der Waals surface area contributed by atoms with Gasteiger partial charge in [0.05, 0.1) is 0 Å². The standard InChI is InChI=1S/C20H23FN2O/c1-22(2)14-15-23(3)19-11-4-16(5-12-19)6-13-20(24)17-7-9-18(21)10-8-17/h4-13H,14-15H2,1-3H3/b13-6+. The van der Waals surface area contributed by atoms with E-state index in [1.807, 2.05) is 24.3 Å². The highest BCUT2D eigenvalue weighted by atomic mass is 19.1. The number of allylic oxidation sites excluding steroid dienone is 1. The number of nitrogens with zero attached hydrogens (tertiary/aromatic N) is 2. The molecule has 0 spiro atoms. The van der Waals surface area contributed by atoms with E-state index in [2.05, 4.69) is 30.9 Å². The third-order valence-corrected chi connectivity index (χ3v) is 3.77. The number of halogens is 1. The van der Waals surface area contributed by atoms with Crippen molar-refractivity contribution in [1.82, 2.24) is 4.90 Å². The minimum Gasteiger partial charge on any atom is -0.373 e. The van der Waals surface area contributed by atoms with Crippen molar-refractivity contribution in [2.75, 3.05) is 39.1 Å². The van der Waals surface area contributed by atoms with Gasteiger partial charge < -0.3 is 9.80 Å². The van der Waals surface area contributed by atoms with Gasteiger partial charge in [-0.3, -0.25) is 4.79 Å². The number of hydrogen-bond acceptors (Lipinski definition) is 3. The first kappa shape index (κ1) is 17.9. The normalized spacial score (nSPS) is 11.2. The summed E-state index contributed by atoms with van der Waals surface area (Å²) in [7, 11) is 6.17. The van der Waals surface area contributed by atoms with E-state index in [-0.39, 0.29) is 11.6 Å². The van der Waals surface area contributed by atoms with Crippen molar-refractivity contribution in [3.05, 3.63) is 71.6 Å². The Morgan fingerprint density at radius 1 is 0.958 bits per heavy atom. The topological polar surface area (TPSA) is 23.6 Å². The highest BCUT2D eigenvalue weighted by Gasteiger charge is 2.03. The van der Waals surface area contributed by atoms with Crippen LogP contribution in [0.15, 0.2) is 54.6 Å². The number of likely N-dealkylation sites (N-methyl/N-ethyl adjacent to an activating group) is 2. The first-order chi connectivity index (χ1) is 11.5. The van der Waals surface area contributed by atoms with Crippen molar-refractivity contribution in [2.45, 2.75) is 0 Å². The molecule has 2 aromatic rings. The summed E-state index contributed by atoms with van der Waals surface area (Å²) >= 11 is 0. The highest BCUT2D eigenvalue weighted by molar-refractivity contribution is 6.06. The molecule has 0 bridgehead atoms. The second kappa shape index (κ2) is 8.41. The van der Waals surface area contributed by atoms with Crippen LogP contribution in [0.5, 0.6) is 0 Å². The smallest absolute Gasteiger partial charge is 0.185 e. The van der Waals surface area contributed by atoms with Crippen molar-refractivity contribution in [2.24, 2.45) is 0 Å². The molecule has 0 atom stereocenters. The van der Waals surface area contributed by atoms with Crippen LogP contribution in [0.3, 0.4) is 0 Å². The molecule has 0 saturated carbocycles. The van der Waals surface area contributed by atoms with Gasteiger partial charge >= 0.3 is 0 Å². The third kappa shape index (κ3) is 5.32. The molecule has 3 nitrogen and oxygen atoms in total. The quantitative estimate of drug-likeness (QED) is 0.572. The zero-order chi connectivity index (χ0) is 17.5. The summed E-state index contributed by atoms with van der Waals surface area (Å²) in [5.41, 5.74) is 2.57. The summed E-state index contributed by atoms with van der Waals surface area (Å²) < 4.78 is 12.9. The SMILES string of the molecule is CN(C)CCN(C)c1ccc(/C=C/C(=O)c2ccc(F)cc2)cc1. The lowest BCUT2D eigenvalue weighted by atomic mass is 10.1. The molecular weight excluding hydrogens is 303 g/mol. The molecule has 0 amide bonds. The van der Waals surface area contributed by atoms with Crippen molar-refractivity contribution in [3.63, 3.8) is 0 Å². The lowest BCUT2D eigenvalue weighted by Gasteiger charge is -2.21. The van der Waals surface area contributed by atoms with Crippen molar-refractivity contribution >= 4 is 17.5 Å². The van der Waals surface area contributed by atoms with Gasteiger partial charge in [-0.2, -0.15) is 0 Å². The minimum atomic E-state index is -0.343. The molecule has 4 heteroatoms. The zero-order valence-corrected chi connectivity index (χ0v) is 14.4. The Labute approximate surface area is 143 Å². The summed E-state index contributed by atoms with van der Waals surface area (Å²) in [5, 5.41) is 0. The van der Waals surface area contributed by atoms with Gasteiger partial charge in [0.2, 0.25) is 0 Å². The highest BCUT2D eigenvalue weighted by Crippen LogP contribution is 2.15. The van der Waals surface area contributed by atoms with E-state index in [1.165, 1.54) is 30.3 Å². The molecule has 0 heterocycles. The van der Waals surface area contributed by atoms with Crippen LogP contribution in [0.1, 0.15) is 15.9 Å². The van der Waals surface area contributed by atoms with Gasteiger partial charge in [0, 0.05) is 31.4 Å². The lowest BCUT2D eigenvalue weighted by molar-refractivity contribution is 0.104. The number of rotatable bonds is 7. The van der Waals surface area contributed by atoms with Gasteiger partial charge in [0.1, 0.15) is 5.82 Å². The maximum Gasteiger partial charge on any atom is 0.185 e. The van der Waals surface area contributed by atoms with Crippen LogP contribution in [0.2, 0.25) is 0 Å². The Bertz CT molecular complexity index is 691. The molecule has 0 N–H and O–H groups in total. The Hall–Kier alpha value is -2.46. The molecule has 0 fully saturated rings. The molecule has 0 saturated heterocycles. The molecule has 2 aromatic carbocycles. The summed E-state index contributed by atoms with van der Waals surface area (Å²) in [6.45, 7) is 1.94. The molecule has 0 radical (unpaired) electrons. The average molecular weight is 326 g/mol. The van der Waals surface area contributed by atoms with E-state index in [0.717, 1.165) is 24.3 Å². The van der Waals surface area contributed by atoms with Gasteiger partial charge in [-0.15, -0.1) is 0 Å². The van der Waals surface area contributed by atoms with Gasteiger partial charge in [-0.05, 0) is 62.1 Å². The predicted molar refractivity (Wildman–Crippen MR) is 98.0 cm³/mol. The molecular formula is C20H23FN2O. The Morgan fingerprint density at radius 3 is 2.17 bits per heavy atom. The van der Waals surface area contributed by atoms with Gasteiger partial charge in [0.15, 0.2) is 5.78 Å². The van der Waals surface area contributed by atoms with Crippen molar-refractivity contribution < 1.29 is 9.18 Å². The summed E-state index contributed by atoms with van der Waals surface area (Å²) in [6, 6.07) is 13.6. The molecule has 2 rings (SSSR count). The second-order valence-electron chi connectivity index (χ2n) is 6.02. The fourth-order valence-electron chi connectivity index (χ4n) is 2.20. The Morgan fingerprint density at radius 2 is 1.58 bits per heavy atom. The average Bonchev–Trinajstić information content (AvgIpc) is 2.58. The minimum absolute atomic E-state index is 0.137. The van der Waals surface area contributed by atoms with Crippen LogP contribution >= 0.6 is 0 Å². The number of carbonyl (C=O) groups excluding carboxylic acids is 1. The van der Waals surface area contributed by atoms with E-state index >= 15 is 0 Å². The molecule has 0 aliphatic rings. The summed E-state index contributed by atoms with van der Waals surface area (Å²) in [4.78, 5) is 16.4. The third-order valence-electron chi connectivity index (χ3n) is 3.77. The molecule has 24 heavy (non-hydrogen) atoms. The fourth-order valence-corrected chi connectivity index (χ4v) is 2.20. The van der Waals surface area contributed by atoms with Crippen LogP contribution in [0.25, 0.3) is 6.08 Å². The lowest BCUT2D eigenvalue weighted by Crippen LogP contribution is -2.28. The molecule has 0 aliphatic heterocycles. The van der Waals surface area contributed by atoms with Crippen molar-refractivity contribution in [1.29, 1.82) is 0 Å². The Kier molecular flexibility index (Phi) is 6.27. The first-order valence-electron chi connectivity index (χ1n) is 7.89. The van der Waals surface area contributed by atoms with Crippen LogP contribution in [-0.4, -0.2) is 44.9 Å². The maximum atomic E-state index is 12.9. The van der Waals surface area contributed by atoms with E-state index in [0.29, 0.717) is 5.56 Å². The van der Waals surface area contributed by atoms with Crippen molar-refractivity contribution in [3.8, 4) is 0 Å². The molecule has 0 unspecified atom stereocenters. The van der Waals surface area contributed by atoms with Gasteiger partial charge in [-0.25, -0.2) is 4.39 Å². The molecule has 126 valence electrons. The number of ketones is 1. The maximum absolute atomic E-state index is 12.9. The molecule has 0 aromatic heterocycles. The van der Waals surface area contributed by atoms with Gasteiger partial charge in [0.25, 0.3) is 0 Å². The Balaban J connectivity index is 1.98. The van der Waals surface area contributed by atoms with E-state index in [9.17, 15) is 9.18 Å². The van der Waals surface area contributed by atoms with Crippen LogP contribution < -0.4 is 4.90 Å². The largest absolute Gasteiger partial charge is 0.373 e. The number of carbonyl (C=O) groups is 1. The van der Waals surface area contributed by atoms with Gasteiger partial charge in [-0.1, -0.05) is 18.2 Å².